The van der Waals surface area contributed by atoms with Crippen LogP contribution in [0.15, 0.2) is 12.3 Å². The first-order valence-electron chi connectivity index (χ1n) is 3.75. The largest absolute Gasteiger partial charge is 0.267 e. The van der Waals surface area contributed by atoms with E-state index >= 15 is 0 Å². The molecule has 0 aliphatic heterocycles. The Morgan fingerprint density at radius 2 is 2.38 bits per heavy atom. The van der Waals surface area contributed by atoms with Crippen molar-refractivity contribution in [3.8, 4) is 0 Å². The first-order chi connectivity index (χ1) is 6.22. The molecule has 2 aromatic rings. The average Bonchev–Trinajstić information content (AvgIpc) is 2.43. The highest BCUT2D eigenvalue weighted by atomic mass is 79.9. The monoisotopic (exact) mass is 259 g/mol. The summed E-state index contributed by atoms with van der Waals surface area (Å²) in [6, 6.07) is 1.82. The van der Waals surface area contributed by atoms with Crippen molar-refractivity contribution in [1.82, 2.24) is 14.8 Å². The van der Waals surface area contributed by atoms with Crippen LogP contribution in [-0.4, -0.2) is 14.8 Å². The predicted molar refractivity (Wildman–Crippen MR) is 56.2 cm³/mol. The fourth-order valence-electron chi connectivity index (χ4n) is 1.30. The molecule has 0 atom stereocenters. The Morgan fingerprint density at radius 1 is 1.62 bits per heavy atom. The maximum Gasteiger partial charge on any atom is 0.131 e. The first-order valence-corrected chi connectivity index (χ1v) is 5.25. The van der Waals surface area contributed by atoms with Gasteiger partial charge in [0.25, 0.3) is 0 Å². The Morgan fingerprint density at radius 3 is 3.08 bits per heavy atom. The van der Waals surface area contributed by atoms with Crippen LogP contribution in [0.25, 0.3) is 10.9 Å². The van der Waals surface area contributed by atoms with Gasteiger partial charge < -0.3 is 0 Å². The highest BCUT2D eigenvalue weighted by molar-refractivity contribution is 9.08. The van der Waals surface area contributed by atoms with E-state index in [1.807, 2.05) is 13.1 Å². The summed E-state index contributed by atoms with van der Waals surface area (Å²) in [6.45, 7) is 0. The zero-order chi connectivity index (χ0) is 9.42. The Balaban J connectivity index is 2.80. The Labute approximate surface area is 88.8 Å². The van der Waals surface area contributed by atoms with Gasteiger partial charge in [-0.2, -0.15) is 5.10 Å². The fraction of sp³-hybridized carbons (Fsp3) is 0.250. The van der Waals surface area contributed by atoms with E-state index in [4.69, 9.17) is 11.6 Å². The Bertz CT molecular complexity index is 452. The molecule has 0 bridgehead atoms. The Hall–Kier alpha value is -0.610. The van der Waals surface area contributed by atoms with E-state index in [0.29, 0.717) is 5.15 Å². The van der Waals surface area contributed by atoms with Crippen molar-refractivity contribution in [3.05, 3.63) is 23.1 Å². The number of aryl methyl sites for hydroxylation is 1. The van der Waals surface area contributed by atoms with Crippen molar-refractivity contribution in [3.63, 3.8) is 0 Å². The summed E-state index contributed by atoms with van der Waals surface area (Å²) in [5.74, 6) is 0. The van der Waals surface area contributed by atoms with Gasteiger partial charge in [0, 0.05) is 30.0 Å². The third-order valence-electron chi connectivity index (χ3n) is 1.91. The molecule has 2 rings (SSSR count). The number of hydrogen-bond acceptors (Lipinski definition) is 2. The van der Waals surface area contributed by atoms with Crippen molar-refractivity contribution >= 4 is 38.4 Å². The second-order valence-corrected chi connectivity index (χ2v) is 3.68. The molecule has 0 saturated carbocycles. The van der Waals surface area contributed by atoms with Gasteiger partial charge in [-0.25, -0.2) is 4.98 Å². The van der Waals surface area contributed by atoms with Gasteiger partial charge in [0.05, 0.1) is 11.2 Å². The van der Waals surface area contributed by atoms with Crippen LogP contribution in [0.1, 0.15) is 5.69 Å². The number of pyridine rings is 1. The van der Waals surface area contributed by atoms with Gasteiger partial charge in [-0.3, -0.25) is 4.68 Å². The molecule has 0 unspecified atom stereocenters. The molecule has 2 heterocycles. The predicted octanol–water partition coefficient (Wildman–Crippen LogP) is 2.52. The van der Waals surface area contributed by atoms with Crippen molar-refractivity contribution < 1.29 is 0 Å². The minimum Gasteiger partial charge on any atom is -0.267 e. The molecule has 0 fully saturated rings. The summed E-state index contributed by atoms with van der Waals surface area (Å²) < 4.78 is 1.81. The van der Waals surface area contributed by atoms with Gasteiger partial charge in [-0.15, -0.1) is 0 Å². The van der Waals surface area contributed by atoms with Crippen LogP contribution in [0.5, 0.6) is 0 Å². The lowest BCUT2D eigenvalue weighted by atomic mass is 10.3. The molecule has 0 aliphatic rings. The van der Waals surface area contributed by atoms with E-state index in [9.17, 15) is 0 Å². The van der Waals surface area contributed by atoms with Gasteiger partial charge >= 0.3 is 0 Å². The smallest absolute Gasteiger partial charge is 0.131 e. The lowest BCUT2D eigenvalue weighted by Gasteiger charge is -1.93. The zero-order valence-corrected chi connectivity index (χ0v) is 9.30. The summed E-state index contributed by atoms with van der Waals surface area (Å²) in [5.41, 5.74) is 2.00. The second-order valence-electron chi connectivity index (χ2n) is 2.73. The van der Waals surface area contributed by atoms with Crippen molar-refractivity contribution in [2.24, 2.45) is 7.05 Å². The zero-order valence-electron chi connectivity index (χ0n) is 6.96. The molecule has 0 saturated heterocycles. The molecule has 13 heavy (non-hydrogen) atoms. The number of alkyl halides is 1. The van der Waals surface area contributed by atoms with Crippen LogP contribution >= 0.6 is 27.5 Å². The molecule has 68 valence electrons. The van der Waals surface area contributed by atoms with Gasteiger partial charge in [0.15, 0.2) is 0 Å². The SMILES string of the molecule is Cn1nc(CBr)c2cnc(Cl)cc21. The number of aromatic nitrogens is 3. The third kappa shape index (κ3) is 1.44. The number of halogens is 2. The molecule has 5 heteroatoms. The van der Waals surface area contributed by atoms with Crippen LogP contribution in [-0.2, 0) is 12.4 Å². The molecule has 0 aromatic carbocycles. The molecule has 0 aliphatic carbocycles. The van der Waals surface area contributed by atoms with E-state index in [1.54, 1.807) is 10.9 Å². The number of rotatable bonds is 1. The second kappa shape index (κ2) is 3.27. The van der Waals surface area contributed by atoms with Crippen LogP contribution in [0, 0.1) is 0 Å². The highest BCUT2D eigenvalue weighted by Crippen LogP contribution is 2.21. The summed E-state index contributed by atoms with van der Waals surface area (Å²) >= 11 is 9.15. The average molecular weight is 261 g/mol. The third-order valence-corrected chi connectivity index (χ3v) is 2.64. The minimum atomic E-state index is 0.497. The van der Waals surface area contributed by atoms with Gasteiger partial charge in [-0.05, 0) is 0 Å². The first kappa shape index (κ1) is 8.97. The summed E-state index contributed by atoms with van der Waals surface area (Å²) in [7, 11) is 1.89. The molecular weight excluding hydrogens is 253 g/mol. The van der Waals surface area contributed by atoms with Crippen molar-refractivity contribution in [2.45, 2.75) is 5.33 Å². The van der Waals surface area contributed by atoms with Crippen LogP contribution < -0.4 is 0 Å². The topological polar surface area (TPSA) is 30.7 Å². The number of nitrogens with zero attached hydrogens (tertiary/aromatic N) is 3. The molecule has 0 radical (unpaired) electrons. The minimum absolute atomic E-state index is 0.497. The van der Waals surface area contributed by atoms with Gasteiger partial charge in [0.1, 0.15) is 5.15 Å². The lowest BCUT2D eigenvalue weighted by molar-refractivity contribution is 0.782. The van der Waals surface area contributed by atoms with Gasteiger partial charge in [-0.1, -0.05) is 27.5 Å². The van der Waals surface area contributed by atoms with E-state index in [1.165, 1.54) is 0 Å². The lowest BCUT2D eigenvalue weighted by Crippen LogP contribution is -1.90. The van der Waals surface area contributed by atoms with E-state index < -0.39 is 0 Å². The quantitative estimate of drug-likeness (QED) is 0.583. The molecule has 0 N–H and O–H groups in total. The molecule has 2 aromatic heterocycles. The van der Waals surface area contributed by atoms with E-state index in [2.05, 4.69) is 26.0 Å². The normalized spacial score (nSPS) is 11.0. The number of fused-ring (bicyclic) bond motifs is 1. The van der Waals surface area contributed by atoms with E-state index in [-0.39, 0.29) is 0 Å². The van der Waals surface area contributed by atoms with Crippen molar-refractivity contribution in [1.29, 1.82) is 0 Å². The van der Waals surface area contributed by atoms with Crippen LogP contribution in [0.3, 0.4) is 0 Å². The van der Waals surface area contributed by atoms with Crippen LogP contribution in [0.4, 0.5) is 0 Å². The van der Waals surface area contributed by atoms with Crippen LogP contribution in [0.2, 0.25) is 5.15 Å². The van der Waals surface area contributed by atoms with Gasteiger partial charge in [0.2, 0.25) is 0 Å². The maximum atomic E-state index is 5.78. The molecular formula is C8H7BrClN3. The summed E-state index contributed by atoms with van der Waals surface area (Å²) in [6.07, 6.45) is 1.75. The molecule has 0 spiro atoms. The van der Waals surface area contributed by atoms with E-state index in [0.717, 1.165) is 21.9 Å². The molecule has 3 nitrogen and oxygen atoms in total. The summed E-state index contributed by atoms with van der Waals surface area (Å²) in [5, 5.41) is 6.59. The highest BCUT2D eigenvalue weighted by Gasteiger charge is 2.07. The summed E-state index contributed by atoms with van der Waals surface area (Å²) in [4.78, 5) is 4.02. The van der Waals surface area contributed by atoms with Crippen molar-refractivity contribution in [2.75, 3.05) is 0 Å². The fourth-order valence-corrected chi connectivity index (χ4v) is 1.86. The molecule has 0 amide bonds. The standard InChI is InChI=1S/C8H7BrClN3/c1-13-7-2-8(10)11-4-5(7)6(3-9)12-13/h2,4H,3H2,1H3. The number of hydrogen-bond donors (Lipinski definition) is 0. The maximum absolute atomic E-state index is 5.78. The Kier molecular flexibility index (Phi) is 2.26.